The minimum atomic E-state index is -3.21. The van der Waals surface area contributed by atoms with Crippen molar-refractivity contribution in [2.75, 3.05) is 19.3 Å². The van der Waals surface area contributed by atoms with Crippen LogP contribution in [0.1, 0.15) is 132 Å². The topological polar surface area (TPSA) is 255 Å². The smallest absolute Gasteiger partial charge is 0.336 e. The number of aryl methyl sites for hydroxylation is 8. The van der Waals surface area contributed by atoms with Crippen LogP contribution in [0.3, 0.4) is 0 Å². The van der Waals surface area contributed by atoms with Crippen LogP contribution < -0.4 is 14.2 Å². The Balaban J connectivity index is 0.000000128. The summed E-state index contributed by atoms with van der Waals surface area (Å²) in [5.41, 5.74) is 16.4. The van der Waals surface area contributed by atoms with Gasteiger partial charge in [0.1, 0.15) is 63.3 Å². The minimum Gasteiger partial charge on any atom is -0.490 e. The number of ether oxygens (including phenoxy) is 3. The van der Waals surface area contributed by atoms with Gasteiger partial charge in [0.05, 0.1) is 61.8 Å². The van der Waals surface area contributed by atoms with Crippen LogP contribution in [-0.4, -0.2) is 92.5 Å². The van der Waals surface area contributed by atoms with Crippen LogP contribution in [0.15, 0.2) is 189 Å². The lowest BCUT2D eigenvalue weighted by Crippen LogP contribution is -2.41. The average molecular weight is 1450 g/mol. The summed E-state index contributed by atoms with van der Waals surface area (Å²) in [6, 6.07) is 56.1. The van der Waals surface area contributed by atoms with E-state index in [9.17, 15) is 38.1 Å². The predicted octanol–water partition coefficient (Wildman–Crippen LogP) is 19.7. The molecule has 0 saturated carbocycles. The van der Waals surface area contributed by atoms with Crippen molar-refractivity contribution in [3.8, 4) is 51.6 Å². The quantitative estimate of drug-likeness (QED) is 0.0914. The van der Waals surface area contributed by atoms with Crippen molar-refractivity contribution in [2.24, 2.45) is 5.92 Å². The van der Waals surface area contributed by atoms with E-state index >= 15 is 0 Å². The summed E-state index contributed by atoms with van der Waals surface area (Å²) in [5, 5.41) is 35.1. The molecule has 18 nitrogen and oxygen atoms in total. The molecule has 1 fully saturated rings. The highest BCUT2D eigenvalue weighted by Crippen LogP contribution is 2.44. The van der Waals surface area contributed by atoms with Crippen molar-refractivity contribution in [3.63, 3.8) is 0 Å². The van der Waals surface area contributed by atoms with Gasteiger partial charge in [-0.1, -0.05) is 121 Å². The van der Waals surface area contributed by atoms with Gasteiger partial charge >= 0.3 is 17.9 Å². The largest absolute Gasteiger partial charge is 0.490 e. The molecule has 0 bridgehead atoms. The summed E-state index contributed by atoms with van der Waals surface area (Å²) in [6.07, 6.45) is 7.81. The van der Waals surface area contributed by atoms with Crippen LogP contribution in [0.4, 0.5) is 0 Å². The van der Waals surface area contributed by atoms with Crippen molar-refractivity contribution >= 4 is 93.5 Å². The zero-order valence-corrected chi connectivity index (χ0v) is 61.5. The van der Waals surface area contributed by atoms with Gasteiger partial charge in [-0.2, -0.15) is 0 Å². The van der Waals surface area contributed by atoms with Crippen LogP contribution in [-0.2, 0) is 29.3 Å². The number of para-hydroxylation sites is 3. The zero-order valence-electron chi connectivity index (χ0n) is 60.7. The maximum atomic E-state index is 12.5. The average Bonchev–Trinajstić information content (AvgIpc) is 1.48. The number of sulfonamides is 1. The second kappa shape index (κ2) is 29.0. The first kappa shape index (κ1) is 71.0. The molecule has 107 heavy (non-hydrogen) atoms. The molecular formula is C88H80N4O14S. The molecule has 0 spiro atoms. The van der Waals surface area contributed by atoms with E-state index < -0.39 is 27.9 Å². The number of hydrogen-bond donors (Lipinski definition) is 3. The molecule has 3 aliphatic rings. The molecule has 0 unspecified atom stereocenters. The number of rotatable bonds is 14. The number of carbonyl (C=O) groups is 3. The number of furan rings is 3. The Bertz CT molecular complexity index is 6000. The fraction of sp³-hybridized carbons (Fsp3) is 0.250. The first-order chi connectivity index (χ1) is 51.5. The molecule has 8 aromatic carbocycles. The normalized spacial score (nSPS) is 15.7. The van der Waals surface area contributed by atoms with Crippen LogP contribution in [0.5, 0.6) is 17.2 Å². The van der Waals surface area contributed by atoms with Gasteiger partial charge in [-0.25, -0.2) is 42.1 Å². The molecule has 17 rings (SSSR count). The summed E-state index contributed by atoms with van der Waals surface area (Å²) in [6.45, 7) is 14.5. The van der Waals surface area contributed by atoms with Gasteiger partial charge in [-0.05, 0) is 193 Å². The maximum Gasteiger partial charge on any atom is 0.336 e. The highest BCUT2D eigenvalue weighted by Gasteiger charge is 2.33. The first-order valence-corrected chi connectivity index (χ1v) is 38.0. The second-order valence-corrected chi connectivity index (χ2v) is 30.3. The Morgan fingerprint density at radius 1 is 0.477 bits per heavy atom. The minimum absolute atomic E-state index is 0.0188. The number of carboxylic acids is 3. The number of aromatic nitrogens is 3. The predicted molar refractivity (Wildman–Crippen MR) is 415 cm³/mol. The molecule has 1 saturated heterocycles. The van der Waals surface area contributed by atoms with Crippen LogP contribution >= 0.6 is 0 Å². The van der Waals surface area contributed by atoms with Crippen LogP contribution in [0, 0.1) is 47.5 Å². The number of hydrogen-bond acceptors (Lipinski definition) is 14. The highest BCUT2D eigenvalue weighted by atomic mass is 32.2. The van der Waals surface area contributed by atoms with Crippen molar-refractivity contribution in [3.05, 3.63) is 248 Å². The zero-order chi connectivity index (χ0) is 74.7. The molecule has 0 amide bonds. The van der Waals surface area contributed by atoms with Crippen molar-refractivity contribution < 1.29 is 65.6 Å². The third kappa shape index (κ3) is 13.8. The second-order valence-electron chi connectivity index (χ2n) is 28.3. The molecule has 2 aliphatic carbocycles. The monoisotopic (exact) mass is 1450 g/mol. The van der Waals surface area contributed by atoms with Gasteiger partial charge in [0, 0.05) is 52.4 Å². The number of benzene rings is 8. The number of piperidine rings is 1. The Hall–Kier alpha value is -11.7. The Kier molecular flexibility index (Phi) is 19.2. The Morgan fingerprint density at radius 2 is 0.879 bits per heavy atom. The van der Waals surface area contributed by atoms with Gasteiger partial charge in [0.25, 0.3) is 0 Å². The van der Waals surface area contributed by atoms with Crippen LogP contribution in [0.2, 0.25) is 0 Å². The lowest BCUT2D eigenvalue weighted by atomic mass is 9.89. The standard InChI is InChI=1S/2C30H25NO4.C28H30N2O6S/c1-17-14-15-26(34-25-13-7-9-19-8-3-4-11-21(19)25)27-22(30(32)33)16-23(31-28(17)27)29-18(2)20-10-5-6-12-24(20)35-29;1-17-11-14-26(34-21-13-12-19-7-3-4-8-20(19)15-21)27-23(30(32)33)16-24(31-28(17)27)29-18(2)22-9-5-6-10-25(22)35-29;1-16-9-10-24(35-18(3)19-11-13-30(14-12-19)37(4,33)34)25-21(28(31)32)15-22(29-26(16)25)27-17(2)20-7-5-6-8-23(20)36-27/h3-6,8,10-12,14-16,25H,7,9,13H2,1-2H3,(H,32,33);3-11,14,16,21H,12-13,15H2,1-2H3,(H,32,33);5-10,15,18-19H,11-14H2,1-4H3,(H,31,32)/t25-;21-;18-/m010/s1. The number of fused-ring (bicyclic) bond motifs is 8. The van der Waals surface area contributed by atoms with Gasteiger partial charge in [-0.15, -0.1) is 0 Å². The highest BCUT2D eigenvalue weighted by molar-refractivity contribution is 7.88. The summed E-state index contributed by atoms with van der Waals surface area (Å²) in [5.74, 6) is 0.313. The van der Waals surface area contributed by atoms with Gasteiger partial charge in [0.15, 0.2) is 17.3 Å². The number of carboxylic acid groups (broad SMARTS) is 3. The SMILES string of the molecule is Cc1c(-c2cc(C(=O)O)c3c(O[C@@H](C)C4CCN(S(C)(=O)=O)CC4)ccc(C)c3n2)oc2ccccc12.Cc1c(-c2cc(C(=O)O)c3c(O[C@@H]4CCc5ccccc5C4)ccc(C)c3n2)oc2ccccc12.Cc1c(-c2cc(C(=O)O)c3c(O[C@H]4CCCc5ccccc54)ccc(C)c3n2)oc2ccccc12. The first-order valence-electron chi connectivity index (χ1n) is 36.1. The van der Waals surface area contributed by atoms with E-state index in [1.807, 2.05) is 158 Å². The number of aromatic carboxylic acids is 3. The number of pyridine rings is 3. The van der Waals surface area contributed by atoms with Crippen molar-refractivity contribution in [2.45, 2.75) is 118 Å². The van der Waals surface area contributed by atoms with E-state index in [2.05, 4.69) is 42.5 Å². The van der Waals surface area contributed by atoms with Crippen molar-refractivity contribution in [1.82, 2.24) is 19.3 Å². The summed E-state index contributed by atoms with van der Waals surface area (Å²) in [4.78, 5) is 52.1. The van der Waals surface area contributed by atoms with Crippen LogP contribution in [0.25, 0.3) is 100.0 Å². The Labute approximate surface area is 618 Å². The molecule has 14 aromatic rings. The molecule has 19 heteroatoms. The summed E-state index contributed by atoms with van der Waals surface area (Å²) < 4.78 is 62.9. The van der Waals surface area contributed by atoms with Gasteiger partial charge in [-0.3, -0.25) is 0 Å². The number of nitrogens with zero attached hydrogens (tertiary/aromatic N) is 4. The van der Waals surface area contributed by atoms with Gasteiger partial charge in [0.2, 0.25) is 10.0 Å². The van der Waals surface area contributed by atoms with E-state index in [-0.39, 0.29) is 40.9 Å². The van der Waals surface area contributed by atoms with Crippen molar-refractivity contribution in [1.29, 1.82) is 0 Å². The van der Waals surface area contributed by atoms with E-state index in [4.69, 9.17) is 42.4 Å². The molecule has 3 atom stereocenters. The molecule has 542 valence electrons. The molecule has 3 N–H and O–H groups in total. The third-order valence-corrected chi connectivity index (χ3v) is 22.7. The maximum absolute atomic E-state index is 12.5. The summed E-state index contributed by atoms with van der Waals surface area (Å²) >= 11 is 0. The third-order valence-electron chi connectivity index (χ3n) is 21.4. The summed E-state index contributed by atoms with van der Waals surface area (Å²) in [7, 11) is -3.21. The van der Waals surface area contributed by atoms with E-state index in [0.717, 1.165) is 105 Å². The van der Waals surface area contributed by atoms with E-state index in [0.29, 0.717) is 110 Å². The molecule has 7 heterocycles. The molecule has 0 radical (unpaired) electrons. The van der Waals surface area contributed by atoms with E-state index in [1.54, 1.807) is 24.3 Å². The Morgan fingerprint density at radius 3 is 1.33 bits per heavy atom. The fourth-order valence-electron chi connectivity index (χ4n) is 15.6. The molecule has 1 aliphatic heterocycles. The van der Waals surface area contributed by atoms with Gasteiger partial charge < -0.3 is 42.8 Å². The molecule has 6 aromatic heterocycles. The lowest BCUT2D eigenvalue weighted by Gasteiger charge is -2.33. The molecular weight excluding hydrogens is 1370 g/mol. The van der Waals surface area contributed by atoms with E-state index in [1.165, 1.54) is 32.8 Å². The fourth-order valence-corrected chi connectivity index (χ4v) is 16.5. The lowest BCUT2D eigenvalue weighted by molar-refractivity contribution is 0.0687.